The van der Waals surface area contributed by atoms with Gasteiger partial charge in [0.2, 0.25) is 5.91 Å². The maximum atomic E-state index is 12.2. The molecule has 0 radical (unpaired) electrons. The molecule has 4 nitrogen and oxygen atoms in total. The lowest BCUT2D eigenvalue weighted by Crippen LogP contribution is -2.44. The number of amides is 1. The van der Waals surface area contributed by atoms with Crippen LogP contribution >= 0.6 is 0 Å². The van der Waals surface area contributed by atoms with Gasteiger partial charge in [0, 0.05) is 19.0 Å². The van der Waals surface area contributed by atoms with Gasteiger partial charge in [-0.05, 0) is 26.3 Å². The molecule has 0 bridgehead atoms. The van der Waals surface area contributed by atoms with E-state index in [9.17, 15) is 9.90 Å². The molecular weight excluding hydrogens is 216 g/mol. The normalized spacial score (nSPS) is 23.2. The van der Waals surface area contributed by atoms with Gasteiger partial charge in [-0.2, -0.15) is 0 Å². The highest BCUT2D eigenvalue weighted by Gasteiger charge is 2.25. The molecular formula is C13H26N2O2. The Morgan fingerprint density at radius 1 is 1.47 bits per heavy atom. The van der Waals surface area contributed by atoms with Gasteiger partial charge in [0.1, 0.15) is 0 Å². The van der Waals surface area contributed by atoms with Crippen molar-refractivity contribution < 1.29 is 9.90 Å². The summed E-state index contributed by atoms with van der Waals surface area (Å²) in [5.74, 6) is 0.180. The fourth-order valence-electron chi connectivity index (χ4n) is 2.50. The molecule has 100 valence electrons. The van der Waals surface area contributed by atoms with E-state index in [0.717, 1.165) is 32.4 Å². The first kappa shape index (κ1) is 14.5. The number of carbonyl (C=O) groups is 1. The maximum Gasteiger partial charge on any atom is 0.224 e. The van der Waals surface area contributed by atoms with E-state index in [0.29, 0.717) is 6.42 Å². The average molecular weight is 242 g/mol. The van der Waals surface area contributed by atoms with E-state index >= 15 is 0 Å². The van der Waals surface area contributed by atoms with Crippen molar-refractivity contribution in [2.75, 3.05) is 19.7 Å². The largest absolute Gasteiger partial charge is 0.394 e. The van der Waals surface area contributed by atoms with E-state index in [-0.39, 0.29) is 24.6 Å². The van der Waals surface area contributed by atoms with Gasteiger partial charge in [-0.25, -0.2) is 0 Å². The molecule has 1 rings (SSSR count). The third-order valence-corrected chi connectivity index (χ3v) is 3.44. The zero-order chi connectivity index (χ0) is 12.7. The van der Waals surface area contributed by atoms with Crippen molar-refractivity contribution in [3.8, 4) is 0 Å². The molecule has 2 N–H and O–H groups in total. The Morgan fingerprint density at radius 2 is 2.24 bits per heavy atom. The fraction of sp³-hybridized carbons (Fsp3) is 0.923. The molecule has 1 aliphatic rings. The molecule has 2 unspecified atom stereocenters. The summed E-state index contributed by atoms with van der Waals surface area (Å²) in [5, 5.41) is 12.6. The molecule has 2 atom stereocenters. The van der Waals surface area contributed by atoms with Gasteiger partial charge in [0.25, 0.3) is 0 Å². The lowest BCUT2D eigenvalue weighted by atomic mass is 10.1. The van der Waals surface area contributed by atoms with E-state index in [1.54, 1.807) is 0 Å². The number of hydrogen-bond donors (Lipinski definition) is 2. The second-order valence-electron chi connectivity index (χ2n) is 4.94. The van der Waals surface area contributed by atoms with Crippen molar-refractivity contribution in [2.24, 2.45) is 0 Å². The van der Waals surface area contributed by atoms with E-state index < -0.39 is 0 Å². The van der Waals surface area contributed by atoms with Crippen LogP contribution < -0.4 is 5.32 Å². The quantitative estimate of drug-likeness (QED) is 0.760. The zero-order valence-electron chi connectivity index (χ0n) is 11.1. The second-order valence-corrected chi connectivity index (χ2v) is 4.94. The molecule has 4 heteroatoms. The molecule has 0 aromatic heterocycles. The minimum absolute atomic E-state index is 0.0406. The number of carbonyl (C=O) groups excluding carboxylic acids is 1. The van der Waals surface area contributed by atoms with Gasteiger partial charge in [-0.15, -0.1) is 0 Å². The number of nitrogens with one attached hydrogen (secondary N) is 1. The molecule has 0 saturated carbocycles. The highest BCUT2D eigenvalue weighted by Crippen LogP contribution is 2.17. The van der Waals surface area contributed by atoms with Crippen molar-refractivity contribution in [2.45, 2.75) is 58.0 Å². The van der Waals surface area contributed by atoms with Crippen LogP contribution in [0.4, 0.5) is 0 Å². The van der Waals surface area contributed by atoms with E-state index in [2.05, 4.69) is 5.32 Å². The van der Waals surface area contributed by atoms with Gasteiger partial charge in [-0.3, -0.25) is 4.79 Å². The Hall–Kier alpha value is -0.610. The monoisotopic (exact) mass is 242 g/mol. The van der Waals surface area contributed by atoms with Crippen LogP contribution in [0.2, 0.25) is 0 Å². The molecule has 1 amide bonds. The Labute approximate surface area is 104 Å². The summed E-state index contributed by atoms with van der Waals surface area (Å²) in [4.78, 5) is 14.1. The Balaban J connectivity index is 2.51. The van der Waals surface area contributed by atoms with Gasteiger partial charge in [-0.1, -0.05) is 19.8 Å². The minimum Gasteiger partial charge on any atom is -0.394 e. The Morgan fingerprint density at radius 3 is 2.88 bits per heavy atom. The highest BCUT2D eigenvalue weighted by atomic mass is 16.3. The summed E-state index contributed by atoms with van der Waals surface area (Å²) in [7, 11) is 0. The summed E-state index contributed by atoms with van der Waals surface area (Å²) >= 11 is 0. The summed E-state index contributed by atoms with van der Waals surface area (Å²) < 4.78 is 0. The molecule has 1 saturated heterocycles. The molecule has 1 fully saturated rings. The number of hydrogen-bond acceptors (Lipinski definition) is 3. The molecule has 0 aliphatic carbocycles. The molecule has 0 aromatic carbocycles. The van der Waals surface area contributed by atoms with Crippen LogP contribution in [-0.2, 0) is 4.79 Å². The van der Waals surface area contributed by atoms with Gasteiger partial charge in [0.05, 0.1) is 12.6 Å². The Kier molecular flexibility index (Phi) is 6.52. The van der Waals surface area contributed by atoms with Crippen LogP contribution in [0.5, 0.6) is 0 Å². The lowest BCUT2D eigenvalue weighted by molar-refractivity contribution is -0.134. The van der Waals surface area contributed by atoms with E-state index in [1.807, 2.05) is 18.7 Å². The first-order chi connectivity index (χ1) is 8.19. The summed E-state index contributed by atoms with van der Waals surface area (Å²) in [6, 6.07) is 0.258. The predicted octanol–water partition coefficient (Wildman–Crippen LogP) is 1.14. The molecule has 1 aliphatic heterocycles. The van der Waals surface area contributed by atoms with Crippen LogP contribution in [0.1, 0.15) is 46.0 Å². The number of rotatable bonds is 5. The molecule has 0 spiro atoms. The first-order valence-corrected chi connectivity index (χ1v) is 6.82. The highest BCUT2D eigenvalue weighted by molar-refractivity contribution is 5.77. The molecule has 17 heavy (non-hydrogen) atoms. The summed E-state index contributed by atoms with van der Waals surface area (Å²) in [5.41, 5.74) is 0. The first-order valence-electron chi connectivity index (χ1n) is 6.82. The van der Waals surface area contributed by atoms with Crippen LogP contribution in [0.3, 0.4) is 0 Å². The van der Waals surface area contributed by atoms with Crippen LogP contribution in [0, 0.1) is 0 Å². The van der Waals surface area contributed by atoms with Crippen molar-refractivity contribution in [1.29, 1.82) is 0 Å². The smallest absolute Gasteiger partial charge is 0.224 e. The minimum atomic E-state index is 0.0406. The third kappa shape index (κ3) is 4.64. The number of aliphatic hydroxyl groups is 1. The van der Waals surface area contributed by atoms with Crippen molar-refractivity contribution in [3.63, 3.8) is 0 Å². The second kappa shape index (κ2) is 7.67. The maximum absolute atomic E-state index is 12.2. The van der Waals surface area contributed by atoms with Crippen LogP contribution in [-0.4, -0.2) is 47.7 Å². The van der Waals surface area contributed by atoms with Crippen molar-refractivity contribution in [1.82, 2.24) is 10.2 Å². The number of likely N-dealkylation sites (tertiary alicyclic amines) is 1. The van der Waals surface area contributed by atoms with Gasteiger partial charge in [0.15, 0.2) is 0 Å². The van der Waals surface area contributed by atoms with Gasteiger partial charge < -0.3 is 15.3 Å². The fourth-order valence-corrected chi connectivity index (χ4v) is 2.50. The summed E-state index contributed by atoms with van der Waals surface area (Å²) in [6.07, 6.45) is 4.83. The van der Waals surface area contributed by atoms with Crippen molar-refractivity contribution in [3.05, 3.63) is 0 Å². The third-order valence-electron chi connectivity index (χ3n) is 3.44. The molecule has 1 heterocycles. The van der Waals surface area contributed by atoms with Crippen LogP contribution in [0.15, 0.2) is 0 Å². The molecule has 0 aromatic rings. The Bertz CT molecular complexity index is 233. The summed E-state index contributed by atoms with van der Waals surface area (Å²) in [6.45, 7) is 5.87. The zero-order valence-corrected chi connectivity index (χ0v) is 11.1. The van der Waals surface area contributed by atoms with Crippen molar-refractivity contribution >= 4 is 5.91 Å². The number of nitrogens with zero attached hydrogens (tertiary/aromatic N) is 1. The van der Waals surface area contributed by atoms with Crippen LogP contribution in [0.25, 0.3) is 0 Å². The van der Waals surface area contributed by atoms with E-state index in [1.165, 1.54) is 6.42 Å². The number of aliphatic hydroxyl groups excluding tert-OH is 1. The SMILES string of the molecule is CCNC(C)CC(=O)N1CCCCCC1CO. The standard InChI is InChI=1S/C13H26N2O2/c1-3-14-11(2)9-13(17)15-8-6-4-5-7-12(15)10-16/h11-12,14,16H,3-10H2,1-2H3. The topological polar surface area (TPSA) is 52.6 Å². The van der Waals surface area contributed by atoms with E-state index in [4.69, 9.17) is 0 Å². The van der Waals surface area contributed by atoms with Gasteiger partial charge >= 0.3 is 0 Å². The predicted molar refractivity (Wildman–Crippen MR) is 68.8 cm³/mol. The average Bonchev–Trinajstić information content (AvgIpc) is 2.53. The lowest BCUT2D eigenvalue weighted by Gasteiger charge is -2.29.